The smallest absolute Gasteiger partial charge is 0.110 e. The average Bonchev–Trinajstić information content (AvgIpc) is 3.02. The molecule has 1 saturated carbocycles. The highest BCUT2D eigenvalue weighted by Crippen LogP contribution is 2.40. The van der Waals surface area contributed by atoms with Crippen molar-refractivity contribution in [3.8, 4) is 0 Å². The molecule has 0 amide bonds. The molecule has 1 aromatic heterocycles. The van der Waals surface area contributed by atoms with E-state index in [1.54, 1.807) is 11.3 Å². The molecular weight excluding hydrogens is 288 g/mol. The standard InChI is InChI=1S/C11H17BrN2OS/c1-7(10-13-5-9(12)16-10)14-11(2,6-15)8-3-4-8/h5,7-8,14-15H,3-4,6H2,1-2H3. The van der Waals surface area contributed by atoms with Crippen molar-refractivity contribution in [1.29, 1.82) is 0 Å². The van der Waals surface area contributed by atoms with E-state index in [1.807, 2.05) is 6.20 Å². The molecule has 1 aliphatic carbocycles. The Morgan fingerprint density at radius 3 is 2.88 bits per heavy atom. The molecule has 16 heavy (non-hydrogen) atoms. The number of nitrogens with zero attached hydrogens (tertiary/aromatic N) is 1. The quantitative estimate of drug-likeness (QED) is 0.879. The van der Waals surface area contributed by atoms with E-state index in [9.17, 15) is 5.11 Å². The highest BCUT2D eigenvalue weighted by molar-refractivity contribution is 9.11. The van der Waals surface area contributed by atoms with Crippen LogP contribution < -0.4 is 5.32 Å². The maximum absolute atomic E-state index is 9.51. The number of aliphatic hydroxyl groups is 1. The molecule has 1 heterocycles. The van der Waals surface area contributed by atoms with Crippen LogP contribution in [0.3, 0.4) is 0 Å². The first-order chi connectivity index (χ1) is 7.55. The van der Waals surface area contributed by atoms with E-state index in [0.717, 1.165) is 8.79 Å². The Kier molecular flexibility index (Phi) is 3.69. The summed E-state index contributed by atoms with van der Waals surface area (Å²) in [4.78, 5) is 4.34. The molecule has 5 heteroatoms. The first-order valence-electron chi connectivity index (χ1n) is 5.55. The van der Waals surface area contributed by atoms with Crippen LogP contribution in [0.2, 0.25) is 0 Å². The van der Waals surface area contributed by atoms with Crippen LogP contribution >= 0.6 is 27.3 Å². The van der Waals surface area contributed by atoms with Crippen molar-refractivity contribution in [2.75, 3.05) is 6.61 Å². The maximum Gasteiger partial charge on any atom is 0.110 e. The largest absolute Gasteiger partial charge is 0.394 e. The molecule has 0 radical (unpaired) electrons. The Bertz CT molecular complexity index is 367. The molecule has 0 aromatic carbocycles. The summed E-state index contributed by atoms with van der Waals surface area (Å²) in [7, 11) is 0. The van der Waals surface area contributed by atoms with E-state index in [4.69, 9.17) is 0 Å². The minimum atomic E-state index is -0.155. The van der Waals surface area contributed by atoms with Gasteiger partial charge in [-0.1, -0.05) is 0 Å². The summed E-state index contributed by atoms with van der Waals surface area (Å²) >= 11 is 5.06. The highest BCUT2D eigenvalue weighted by atomic mass is 79.9. The summed E-state index contributed by atoms with van der Waals surface area (Å²) in [5, 5.41) is 14.1. The van der Waals surface area contributed by atoms with Crippen LogP contribution in [0, 0.1) is 5.92 Å². The van der Waals surface area contributed by atoms with Crippen LogP contribution in [-0.2, 0) is 0 Å². The van der Waals surface area contributed by atoms with Crippen molar-refractivity contribution < 1.29 is 5.11 Å². The topological polar surface area (TPSA) is 45.1 Å². The zero-order valence-corrected chi connectivity index (χ0v) is 11.9. The van der Waals surface area contributed by atoms with Crippen LogP contribution in [0.15, 0.2) is 9.98 Å². The molecule has 90 valence electrons. The molecule has 2 unspecified atom stereocenters. The second kappa shape index (κ2) is 4.72. The van der Waals surface area contributed by atoms with Gasteiger partial charge in [0.2, 0.25) is 0 Å². The minimum Gasteiger partial charge on any atom is -0.394 e. The summed E-state index contributed by atoms with van der Waals surface area (Å²) < 4.78 is 1.05. The number of thiazole rings is 1. The van der Waals surface area contributed by atoms with Gasteiger partial charge in [0, 0.05) is 5.54 Å². The van der Waals surface area contributed by atoms with Crippen LogP contribution in [0.1, 0.15) is 37.7 Å². The van der Waals surface area contributed by atoms with Gasteiger partial charge in [0.05, 0.1) is 22.6 Å². The third kappa shape index (κ3) is 2.64. The summed E-state index contributed by atoms with van der Waals surface area (Å²) in [6.07, 6.45) is 4.27. The number of aliphatic hydroxyl groups excluding tert-OH is 1. The molecule has 2 atom stereocenters. The molecule has 0 spiro atoms. The molecule has 0 saturated heterocycles. The van der Waals surface area contributed by atoms with Gasteiger partial charge in [-0.05, 0) is 48.5 Å². The van der Waals surface area contributed by atoms with Gasteiger partial charge in [-0.3, -0.25) is 0 Å². The number of aromatic nitrogens is 1. The molecule has 0 bridgehead atoms. The Hall–Kier alpha value is 0.0300. The number of nitrogens with one attached hydrogen (secondary N) is 1. The predicted octanol–water partition coefficient (Wildman–Crippen LogP) is 2.72. The molecular formula is C11H17BrN2OS. The molecule has 0 aliphatic heterocycles. The lowest BCUT2D eigenvalue weighted by atomic mass is 9.96. The molecule has 1 aromatic rings. The number of hydrogen-bond acceptors (Lipinski definition) is 4. The van der Waals surface area contributed by atoms with E-state index in [2.05, 4.69) is 40.1 Å². The van der Waals surface area contributed by atoms with Crippen molar-refractivity contribution in [2.45, 2.75) is 38.3 Å². The van der Waals surface area contributed by atoms with Gasteiger partial charge < -0.3 is 10.4 Å². The number of halogens is 1. The first kappa shape index (κ1) is 12.5. The third-order valence-electron chi connectivity index (χ3n) is 3.22. The second-order valence-electron chi connectivity index (χ2n) is 4.72. The van der Waals surface area contributed by atoms with Gasteiger partial charge in [0.25, 0.3) is 0 Å². The van der Waals surface area contributed by atoms with E-state index >= 15 is 0 Å². The van der Waals surface area contributed by atoms with Crippen molar-refractivity contribution >= 4 is 27.3 Å². The normalized spacial score (nSPS) is 21.8. The number of rotatable bonds is 5. The lowest BCUT2D eigenvalue weighted by Crippen LogP contribution is -2.48. The van der Waals surface area contributed by atoms with Crippen LogP contribution in [0.4, 0.5) is 0 Å². The Morgan fingerprint density at radius 1 is 1.75 bits per heavy atom. The molecule has 1 fully saturated rings. The lowest BCUT2D eigenvalue weighted by molar-refractivity contribution is 0.144. The van der Waals surface area contributed by atoms with Gasteiger partial charge in [-0.2, -0.15) is 0 Å². The van der Waals surface area contributed by atoms with Gasteiger partial charge in [-0.15, -0.1) is 11.3 Å². The fraction of sp³-hybridized carbons (Fsp3) is 0.727. The zero-order valence-electron chi connectivity index (χ0n) is 9.53. The van der Waals surface area contributed by atoms with Crippen molar-refractivity contribution in [2.24, 2.45) is 5.92 Å². The summed E-state index contributed by atoms with van der Waals surface area (Å²) in [5.41, 5.74) is -0.155. The van der Waals surface area contributed by atoms with Crippen LogP contribution in [0.5, 0.6) is 0 Å². The first-order valence-corrected chi connectivity index (χ1v) is 7.16. The monoisotopic (exact) mass is 304 g/mol. The predicted molar refractivity (Wildman–Crippen MR) is 69.6 cm³/mol. The fourth-order valence-electron chi connectivity index (χ4n) is 2.04. The van der Waals surface area contributed by atoms with E-state index < -0.39 is 0 Å². The van der Waals surface area contributed by atoms with E-state index in [-0.39, 0.29) is 18.2 Å². The molecule has 1 aliphatic rings. The van der Waals surface area contributed by atoms with Crippen molar-refractivity contribution in [1.82, 2.24) is 10.3 Å². The molecule has 2 rings (SSSR count). The zero-order chi connectivity index (χ0) is 11.8. The Balaban J connectivity index is 2.02. The Labute approximate surface area is 108 Å². The summed E-state index contributed by atoms with van der Waals surface area (Å²) in [6.45, 7) is 4.39. The Morgan fingerprint density at radius 2 is 2.44 bits per heavy atom. The minimum absolute atomic E-state index is 0.155. The second-order valence-corrected chi connectivity index (χ2v) is 7.16. The summed E-state index contributed by atoms with van der Waals surface area (Å²) in [5.74, 6) is 0.614. The van der Waals surface area contributed by atoms with Crippen LogP contribution in [0.25, 0.3) is 0 Å². The highest BCUT2D eigenvalue weighted by Gasteiger charge is 2.41. The fourth-order valence-corrected chi connectivity index (χ4v) is 3.28. The average molecular weight is 305 g/mol. The molecule has 3 nitrogen and oxygen atoms in total. The van der Waals surface area contributed by atoms with Crippen molar-refractivity contribution in [3.05, 3.63) is 15.0 Å². The molecule has 2 N–H and O–H groups in total. The number of hydrogen-bond donors (Lipinski definition) is 2. The van der Waals surface area contributed by atoms with E-state index in [1.165, 1.54) is 12.8 Å². The van der Waals surface area contributed by atoms with Crippen LogP contribution in [-0.4, -0.2) is 22.2 Å². The maximum atomic E-state index is 9.51. The van der Waals surface area contributed by atoms with Crippen molar-refractivity contribution in [3.63, 3.8) is 0 Å². The SMILES string of the molecule is CC(NC(C)(CO)C1CC1)c1ncc(Br)s1. The summed E-state index contributed by atoms with van der Waals surface area (Å²) in [6, 6.07) is 0.189. The lowest BCUT2D eigenvalue weighted by Gasteiger charge is -2.31. The van der Waals surface area contributed by atoms with Gasteiger partial charge in [0.15, 0.2) is 0 Å². The van der Waals surface area contributed by atoms with Gasteiger partial charge in [-0.25, -0.2) is 4.98 Å². The van der Waals surface area contributed by atoms with E-state index in [0.29, 0.717) is 5.92 Å². The van der Waals surface area contributed by atoms with Gasteiger partial charge >= 0.3 is 0 Å². The third-order valence-corrected chi connectivity index (χ3v) is 4.88. The van der Waals surface area contributed by atoms with Gasteiger partial charge in [0.1, 0.15) is 5.01 Å².